The number of anilines is 1. The molecule has 0 amide bonds. The van der Waals surface area contributed by atoms with Crippen LogP contribution in [0.1, 0.15) is 5.56 Å². The van der Waals surface area contributed by atoms with Crippen molar-refractivity contribution < 1.29 is 14.2 Å². The van der Waals surface area contributed by atoms with Crippen LogP contribution in [0.5, 0.6) is 17.2 Å². The smallest absolute Gasteiger partial charge is 0.231 e. The van der Waals surface area contributed by atoms with Gasteiger partial charge in [0.1, 0.15) is 5.75 Å². The summed E-state index contributed by atoms with van der Waals surface area (Å²) >= 11 is 0. The minimum absolute atomic E-state index is 0.327. The van der Waals surface area contributed by atoms with Crippen molar-refractivity contribution in [2.45, 2.75) is 6.54 Å². The highest BCUT2D eigenvalue weighted by atomic mass is 16.7. The number of methoxy groups -OCH3 is 1. The summed E-state index contributed by atoms with van der Waals surface area (Å²) in [6.45, 7) is 5.24. The van der Waals surface area contributed by atoms with E-state index < -0.39 is 0 Å². The van der Waals surface area contributed by atoms with E-state index in [1.54, 1.807) is 7.11 Å². The first-order valence-corrected chi connectivity index (χ1v) is 8.33. The fraction of sp³-hybridized carbons (Fsp3) is 0.368. The molecule has 5 nitrogen and oxygen atoms in total. The zero-order valence-corrected chi connectivity index (χ0v) is 13.9. The van der Waals surface area contributed by atoms with Gasteiger partial charge in [-0.05, 0) is 18.2 Å². The van der Waals surface area contributed by atoms with Crippen LogP contribution in [0.2, 0.25) is 0 Å². The molecule has 4 rings (SSSR count). The van der Waals surface area contributed by atoms with Crippen LogP contribution in [-0.2, 0) is 6.54 Å². The van der Waals surface area contributed by atoms with Crippen LogP contribution < -0.4 is 19.1 Å². The van der Waals surface area contributed by atoms with Gasteiger partial charge >= 0.3 is 0 Å². The van der Waals surface area contributed by atoms with Crippen LogP contribution in [0.25, 0.3) is 0 Å². The zero-order valence-electron chi connectivity index (χ0n) is 13.9. The van der Waals surface area contributed by atoms with Crippen molar-refractivity contribution in [1.29, 1.82) is 0 Å². The molecule has 126 valence electrons. The minimum Gasteiger partial charge on any atom is -0.495 e. The Hall–Kier alpha value is -2.40. The molecule has 24 heavy (non-hydrogen) atoms. The highest BCUT2D eigenvalue weighted by Gasteiger charge is 2.23. The highest BCUT2D eigenvalue weighted by molar-refractivity contribution is 5.58. The lowest BCUT2D eigenvalue weighted by molar-refractivity contribution is 0.171. The maximum atomic E-state index is 5.62. The topological polar surface area (TPSA) is 34.2 Å². The van der Waals surface area contributed by atoms with Gasteiger partial charge in [0.2, 0.25) is 6.79 Å². The molecule has 1 saturated heterocycles. The molecule has 0 radical (unpaired) electrons. The second kappa shape index (κ2) is 6.61. The van der Waals surface area contributed by atoms with Gasteiger partial charge in [0, 0.05) is 38.3 Å². The van der Waals surface area contributed by atoms with E-state index >= 15 is 0 Å². The fourth-order valence-corrected chi connectivity index (χ4v) is 3.39. The van der Waals surface area contributed by atoms with Crippen LogP contribution >= 0.6 is 0 Å². The molecule has 0 atom stereocenters. The van der Waals surface area contributed by atoms with Gasteiger partial charge in [-0.15, -0.1) is 0 Å². The monoisotopic (exact) mass is 326 g/mol. The third-order valence-corrected chi connectivity index (χ3v) is 4.67. The SMILES string of the molecule is COc1ccccc1N1CCN(Cc2cccc3c2OCO3)CC1. The molecule has 2 aromatic carbocycles. The average Bonchev–Trinajstić information content (AvgIpc) is 3.12. The fourth-order valence-electron chi connectivity index (χ4n) is 3.39. The van der Waals surface area contributed by atoms with Crippen molar-refractivity contribution in [3.8, 4) is 17.2 Å². The second-order valence-corrected chi connectivity index (χ2v) is 6.09. The van der Waals surface area contributed by atoms with Crippen molar-refractivity contribution in [2.75, 3.05) is 45.0 Å². The van der Waals surface area contributed by atoms with Gasteiger partial charge in [-0.25, -0.2) is 0 Å². The normalized spacial score (nSPS) is 17.1. The molecular formula is C19H22N2O3. The number of ether oxygens (including phenoxy) is 3. The zero-order chi connectivity index (χ0) is 16.4. The first kappa shape index (κ1) is 15.1. The molecule has 0 bridgehead atoms. The van der Waals surface area contributed by atoms with E-state index in [0.29, 0.717) is 6.79 Å². The van der Waals surface area contributed by atoms with E-state index in [2.05, 4.69) is 28.0 Å². The number of benzene rings is 2. The lowest BCUT2D eigenvalue weighted by Crippen LogP contribution is -2.46. The number of nitrogens with zero attached hydrogens (tertiary/aromatic N) is 2. The first-order valence-electron chi connectivity index (χ1n) is 8.33. The van der Waals surface area contributed by atoms with Crippen molar-refractivity contribution in [3.05, 3.63) is 48.0 Å². The van der Waals surface area contributed by atoms with E-state index in [1.807, 2.05) is 24.3 Å². The van der Waals surface area contributed by atoms with Gasteiger partial charge in [-0.2, -0.15) is 0 Å². The van der Waals surface area contributed by atoms with Crippen molar-refractivity contribution in [3.63, 3.8) is 0 Å². The predicted molar refractivity (Wildman–Crippen MR) is 93.0 cm³/mol. The molecule has 2 aromatic rings. The van der Waals surface area contributed by atoms with E-state index in [-0.39, 0.29) is 0 Å². The highest BCUT2D eigenvalue weighted by Crippen LogP contribution is 2.36. The largest absolute Gasteiger partial charge is 0.495 e. The number of hydrogen-bond donors (Lipinski definition) is 0. The molecule has 5 heteroatoms. The standard InChI is InChI=1S/C19H22N2O3/c1-22-17-7-3-2-6-16(17)21-11-9-20(10-12-21)13-15-5-4-8-18-19(15)24-14-23-18/h2-8H,9-14H2,1H3. The Bertz CT molecular complexity index is 712. The van der Waals surface area contributed by atoms with Gasteiger partial charge in [0.15, 0.2) is 11.5 Å². The summed E-state index contributed by atoms with van der Waals surface area (Å²) in [6.07, 6.45) is 0. The quantitative estimate of drug-likeness (QED) is 0.863. The molecule has 0 saturated carbocycles. The molecule has 2 aliphatic heterocycles. The first-order chi connectivity index (χ1) is 11.8. The third kappa shape index (κ3) is 2.87. The Balaban J connectivity index is 1.41. The van der Waals surface area contributed by atoms with E-state index in [0.717, 1.165) is 50.0 Å². The van der Waals surface area contributed by atoms with Crippen LogP contribution in [0.4, 0.5) is 5.69 Å². The minimum atomic E-state index is 0.327. The van der Waals surface area contributed by atoms with Gasteiger partial charge in [0.05, 0.1) is 12.8 Å². The van der Waals surface area contributed by atoms with Gasteiger partial charge in [0.25, 0.3) is 0 Å². The number of piperazine rings is 1. The van der Waals surface area contributed by atoms with Crippen LogP contribution in [0, 0.1) is 0 Å². The molecule has 0 spiro atoms. The Kier molecular flexibility index (Phi) is 4.17. The second-order valence-electron chi connectivity index (χ2n) is 6.09. The van der Waals surface area contributed by atoms with Crippen molar-refractivity contribution in [1.82, 2.24) is 4.90 Å². The maximum Gasteiger partial charge on any atom is 0.231 e. The lowest BCUT2D eigenvalue weighted by Gasteiger charge is -2.36. The predicted octanol–water partition coefficient (Wildman–Crippen LogP) is 2.75. The van der Waals surface area contributed by atoms with Crippen molar-refractivity contribution >= 4 is 5.69 Å². The number of para-hydroxylation sites is 3. The van der Waals surface area contributed by atoms with Gasteiger partial charge in [-0.1, -0.05) is 24.3 Å². The summed E-state index contributed by atoms with van der Waals surface area (Å²) in [5.74, 6) is 2.71. The third-order valence-electron chi connectivity index (χ3n) is 4.67. The van der Waals surface area contributed by atoms with Crippen LogP contribution in [0.3, 0.4) is 0 Å². The van der Waals surface area contributed by atoms with Crippen LogP contribution in [-0.4, -0.2) is 45.0 Å². The molecule has 1 fully saturated rings. The van der Waals surface area contributed by atoms with Crippen molar-refractivity contribution in [2.24, 2.45) is 0 Å². The Labute approximate surface area is 142 Å². The molecular weight excluding hydrogens is 304 g/mol. The molecule has 2 aliphatic rings. The van der Waals surface area contributed by atoms with E-state index in [4.69, 9.17) is 14.2 Å². The maximum absolute atomic E-state index is 5.62. The molecule has 0 aliphatic carbocycles. The number of fused-ring (bicyclic) bond motifs is 1. The van der Waals surface area contributed by atoms with Crippen LogP contribution in [0.15, 0.2) is 42.5 Å². The molecule has 0 N–H and O–H groups in total. The van der Waals surface area contributed by atoms with Gasteiger partial charge in [-0.3, -0.25) is 4.90 Å². The summed E-state index contributed by atoms with van der Waals surface area (Å²) in [4.78, 5) is 4.85. The van der Waals surface area contributed by atoms with Gasteiger partial charge < -0.3 is 19.1 Å². The molecule has 0 aromatic heterocycles. The Morgan fingerprint density at radius 2 is 1.79 bits per heavy atom. The Morgan fingerprint density at radius 1 is 0.958 bits per heavy atom. The molecule has 0 unspecified atom stereocenters. The number of rotatable bonds is 4. The summed E-state index contributed by atoms with van der Waals surface area (Å²) in [7, 11) is 1.73. The number of hydrogen-bond acceptors (Lipinski definition) is 5. The molecule has 2 heterocycles. The summed E-state index contributed by atoms with van der Waals surface area (Å²) in [5.41, 5.74) is 2.38. The summed E-state index contributed by atoms with van der Waals surface area (Å²) < 4.78 is 16.6. The van der Waals surface area contributed by atoms with E-state index in [9.17, 15) is 0 Å². The lowest BCUT2D eigenvalue weighted by atomic mass is 10.1. The summed E-state index contributed by atoms with van der Waals surface area (Å²) in [6, 6.07) is 14.3. The summed E-state index contributed by atoms with van der Waals surface area (Å²) in [5, 5.41) is 0. The average molecular weight is 326 g/mol. The van der Waals surface area contributed by atoms with E-state index in [1.165, 1.54) is 11.3 Å². The Morgan fingerprint density at radius 3 is 2.62 bits per heavy atom.